The molecule has 0 saturated heterocycles. The van der Waals surface area contributed by atoms with E-state index in [9.17, 15) is 4.79 Å². The van der Waals surface area contributed by atoms with Crippen LogP contribution in [0.2, 0.25) is 5.15 Å². The molecule has 0 aliphatic carbocycles. The highest BCUT2D eigenvalue weighted by atomic mass is 35.5. The number of aryl methyl sites for hydroxylation is 2. The summed E-state index contributed by atoms with van der Waals surface area (Å²) in [6.07, 6.45) is 3.31. The molecule has 4 heteroatoms. The zero-order chi connectivity index (χ0) is 10.3. The Labute approximate surface area is 86.0 Å². The molecule has 0 spiro atoms. The highest BCUT2D eigenvalue weighted by molar-refractivity contribution is 6.30. The second-order valence-electron chi connectivity index (χ2n) is 3.28. The van der Waals surface area contributed by atoms with Crippen LogP contribution in [0.1, 0.15) is 5.56 Å². The van der Waals surface area contributed by atoms with Crippen LogP contribution < -0.4 is 5.56 Å². The lowest BCUT2D eigenvalue weighted by Gasteiger charge is -2.04. The maximum absolute atomic E-state index is 11.7. The van der Waals surface area contributed by atoms with Crippen molar-refractivity contribution in [2.45, 2.75) is 6.92 Å². The van der Waals surface area contributed by atoms with Crippen LogP contribution in [-0.2, 0) is 7.05 Å². The van der Waals surface area contributed by atoms with Crippen molar-refractivity contribution in [2.75, 3.05) is 0 Å². The van der Waals surface area contributed by atoms with Crippen LogP contribution >= 0.6 is 11.6 Å². The molecule has 0 bridgehead atoms. The van der Waals surface area contributed by atoms with Crippen LogP contribution in [0.25, 0.3) is 10.8 Å². The number of nitrogens with zero attached hydrogens (tertiary/aromatic N) is 2. The third-order valence-corrected chi connectivity index (χ3v) is 2.44. The van der Waals surface area contributed by atoms with Crippen LogP contribution in [0, 0.1) is 6.92 Å². The SMILES string of the molecule is Cc1cn(C)c(=O)c2cnc(Cl)cc12. The molecule has 0 fully saturated rings. The molecule has 0 radical (unpaired) electrons. The average Bonchev–Trinajstić information content (AvgIpc) is 2.14. The third kappa shape index (κ3) is 1.30. The molecule has 0 N–H and O–H groups in total. The van der Waals surface area contributed by atoms with E-state index in [1.165, 1.54) is 6.20 Å². The van der Waals surface area contributed by atoms with Gasteiger partial charge in [0, 0.05) is 19.4 Å². The van der Waals surface area contributed by atoms with Gasteiger partial charge >= 0.3 is 0 Å². The highest BCUT2D eigenvalue weighted by Crippen LogP contribution is 2.16. The minimum atomic E-state index is -0.0465. The van der Waals surface area contributed by atoms with Gasteiger partial charge in [-0.2, -0.15) is 0 Å². The van der Waals surface area contributed by atoms with Crippen molar-refractivity contribution in [3.8, 4) is 0 Å². The van der Waals surface area contributed by atoms with Gasteiger partial charge < -0.3 is 4.57 Å². The molecular weight excluding hydrogens is 200 g/mol. The minimum Gasteiger partial charge on any atom is -0.318 e. The van der Waals surface area contributed by atoms with Gasteiger partial charge in [-0.15, -0.1) is 0 Å². The van der Waals surface area contributed by atoms with E-state index in [0.717, 1.165) is 10.9 Å². The van der Waals surface area contributed by atoms with Gasteiger partial charge in [-0.3, -0.25) is 4.79 Å². The highest BCUT2D eigenvalue weighted by Gasteiger charge is 2.04. The number of hydrogen-bond acceptors (Lipinski definition) is 2. The van der Waals surface area contributed by atoms with Crippen molar-refractivity contribution < 1.29 is 0 Å². The van der Waals surface area contributed by atoms with Gasteiger partial charge in [-0.25, -0.2) is 4.98 Å². The predicted octanol–water partition coefficient (Wildman–Crippen LogP) is 1.90. The van der Waals surface area contributed by atoms with E-state index in [1.807, 2.05) is 6.92 Å². The quantitative estimate of drug-likeness (QED) is 0.620. The van der Waals surface area contributed by atoms with Gasteiger partial charge in [0.25, 0.3) is 5.56 Å². The zero-order valence-corrected chi connectivity index (χ0v) is 8.67. The molecule has 0 aliphatic heterocycles. The Hall–Kier alpha value is -1.35. The van der Waals surface area contributed by atoms with Gasteiger partial charge in [-0.1, -0.05) is 11.6 Å². The standard InChI is InChI=1S/C10H9ClN2O/c1-6-5-13(2)10(14)8-4-12-9(11)3-7(6)8/h3-5H,1-2H3. The summed E-state index contributed by atoms with van der Waals surface area (Å²) in [6, 6.07) is 1.72. The summed E-state index contributed by atoms with van der Waals surface area (Å²) >= 11 is 5.76. The molecule has 2 aromatic heterocycles. The van der Waals surface area contributed by atoms with E-state index < -0.39 is 0 Å². The Morgan fingerprint density at radius 3 is 2.86 bits per heavy atom. The molecule has 3 nitrogen and oxygen atoms in total. The van der Waals surface area contributed by atoms with Crippen molar-refractivity contribution in [1.82, 2.24) is 9.55 Å². The van der Waals surface area contributed by atoms with Gasteiger partial charge in [0.1, 0.15) is 5.15 Å². The Morgan fingerprint density at radius 2 is 2.14 bits per heavy atom. The third-order valence-electron chi connectivity index (χ3n) is 2.23. The fraction of sp³-hybridized carbons (Fsp3) is 0.200. The number of pyridine rings is 2. The first-order valence-electron chi connectivity index (χ1n) is 4.21. The van der Waals surface area contributed by atoms with E-state index in [-0.39, 0.29) is 5.56 Å². The van der Waals surface area contributed by atoms with Crippen LogP contribution in [0.4, 0.5) is 0 Å². The summed E-state index contributed by atoms with van der Waals surface area (Å²) in [5.74, 6) is 0. The maximum Gasteiger partial charge on any atom is 0.259 e. The van der Waals surface area contributed by atoms with Crippen molar-refractivity contribution in [3.63, 3.8) is 0 Å². The van der Waals surface area contributed by atoms with Crippen molar-refractivity contribution in [3.05, 3.63) is 39.5 Å². The molecule has 0 unspecified atom stereocenters. The molecule has 0 aliphatic rings. The van der Waals surface area contributed by atoms with E-state index in [4.69, 9.17) is 11.6 Å². The molecule has 0 atom stereocenters. The topological polar surface area (TPSA) is 34.9 Å². The van der Waals surface area contributed by atoms with E-state index in [0.29, 0.717) is 10.5 Å². The first-order chi connectivity index (χ1) is 6.59. The Kier molecular flexibility index (Phi) is 2.04. The van der Waals surface area contributed by atoms with Crippen LogP contribution in [0.15, 0.2) is 23.3 Å². The van der Waals surface area contributed by atoms with E-state index in [1.54, 1.807) is 23.9 Å². The predicted molar refractivity (Wildman–Crippen MR) is 56.7 cm³/mol. The molecule has 72 valence electrons. The molecule has 0 aromatic carbocycles. The largest absolute Gasteiger partial charge is 0.318 e. The van der Waals surface area contributed by atoms with Crippen molar-refractivity contribution in [2.24, 2.45) is 7.05 Å². The minimum absolute atomic E-state index is 0.0465. The fourth-order valence-electron chi connectivity index (χ4n) is 1.54. The lowest BCUT2D eigenvalue weighted by molar-refractivity contribution is 0.865. The second kappa shape index (κ2) is 3.10. The van der Waals surface area contributed by atoms with Gasteiger partial charge in [0.05, 0.1) is 5.39 Å². The maximum atomic E-state index is 11.7. The second-order valence-corrected chi connectivity index (χ2v) is 3.67. The van der Waals surface area contributed by atoms with E-state index >= 15 is 0 Å². The number of rotatable bonds is 0. The normalized spacial score (nSPS) is 10.8. The summed E-state index contributed by atoms with van der Waals surface area (Å²) in [5.41, 5.74) is 0.973. The molecule has 2 heterocycles. The van der Waals surface area contributed by atoms with Crippen molar-refractivity contribution >= 4 is 22.4 Å². The van der Waals surface area contributed by atoms with Crippen LogP contribution in [-0.4, -0.2) is 9.55 Å². The van der Waals surface area contributed by atoms with Crippen LogP contribution in [0.5, 0.6) is 0 Å². The first kappa shape index (κ1) is 9.21. The monoisotopic (exact) mass is 208 g/mol. The molecular formula is C10H9ClN2O. The number of fused-ring (bicyclic) bond motifs is 1. The molecule has 14 heavy (non-hydrogen) atoms. The summed E-state index contributed by atoms with van der Waals surface area (Å²) in [4.78, 5) is 15.6. The summed E-state index contributed by atoms with van der Waals surface area (Å²) in [7, 11) is 1.73. The average molecular weight is 209 g/mol. The lowest BCUT2D eigenvalue weighted by Crippen LogP contribution is -2.16. The summed E-state index contributed by atoms with van der Waals surface area (Å²) in [5, 5.41) is 1.89. The van der Waals surface area contributed by atoms with Gasteiger partial charge in [0.15, 0.2) is 0 Å². The molecule has 2 aromatic rings. The van der Waals surface area contributed by atoms with E-state index in [2.05, 4.69) is 4.98 Å². The smallest absolute Gasteiger partial charge is 0.259 e. The van der Waals surface area contributed by atoms with Gasteiger partial charge in [0.2, 0.25) is 0 Å². The summed E-state index contributed by atoms with van der Waals surface area (Å²) < 4.78 is 1.55. The molecule has 2 rings (SSSR count). The lowest BCUT2D eigenvalue weighted by atomic mass is 10.1. The fourth-order valence-corrected chi connectivity index (χ4v) is 1.69. The Balaban J connectivity index is 3.02. The zero-order valence-electron chi connectivity index (χ0n) is 7.91. The number of aromatic nitrogens is 2. The Bertz CT molecular complexity index is 560. The molecule has 0 amide bonds. The summed E-state index contributed by atoms with van der Waals surface area (Å²) in [6.45, 7) is 1.94. The van der Waals surface area contributed by atoms with Gasteiger partial charge in [-0.05, 0) is 23.9 Å². The number of hydrogen-bond donors (Lipinski definition) is 0. The van der Waals surface area contributed by atoms with Crippen molar-refractivity contribution in [1.29, 1.82) is 0 Å². The Morgan fingerprint density at radius 1 is 1.43 bits per heavy atom. The first-order valence-corrected chi connectivity index (χ1v) is 4.59. The van der Waals surface area contributed by atoms with Crippen LogP contribution in [0.3, 0.4) is 0 Å². The number of halogens is 1. The molecule has 0 saturated carbocycles.